The van der Waals surface area contributed by atoms with E-state index in [0.717, 1.165) is 5.69 Å². The van der Waals surface area contributed by atoms with E-state index in [9.17, 15) is 9.59 Å². The molecule has 0 aliphatic heterocycles. The van der Waals surface area contributed by atoms with E-state index in [2.05, 4.69) is 6.58 Å². The fraction of sp³-hybridized carbons (Fsp3) is 0.158. The highest BCUT2D eigenvalue weighted by atomic mass is 35.5. The first-order chi connectivity index (χ1) is 12.5. The molecule has 0 fully saturated rings. The van der Waals surface area contributed by atoms with Gasteiger partial charge >= 0.3 is 0 Å². The molecule has 0 unspecified atom stereocenters. The summed E-state index contributed by atoms with van der Waals surface area (Å²) in [5.74, 6) is -0.546. The van der Waals surface area contributed by atoms with Crippen LogP contribution in [0.25, 0.3) is 0 Å². The number of benzene rings is 2. The van der Waals surface area contributed by atoms with E-state index in [1.54, 1.807) is 11.0 Å². The van der Waals surface area contributed by atoms with Crippen molar-refractivity contribution in [3.8, 4) is 11.5 Å². The molecule has 7 heteroatoms. The molecule has 2 rings (SSSR count). The first-order valence-corrected chi connectivity index (χ1v) is 8.12. The van der Waals surface area contributed by atoms with Gasteiger partial charge in [-0.25, -0.2) is 0 Å². The number of ether oxygens (including phenoxy) is 2. The summed E-state index contributed by atoms with van der Waals surface area (Å²) >= 11 is 6.22. The number of nitrogens with two attached hydrogens (primary N) is 1. The van der Waals surface area contributed by atoms with Crippen molar-refractivity contribution < 1.29 is 19.1 Å². The number of hydrogen-bond donors (Lipinski definition) is 1. The van der Waals surface area contributed by atoms with Gasteiger partial charge in [0.25, 0.3) is 11.8 Å². The normalized spacial score (nSPS) is 10.1. The standard InChI is InChI=1S/C19H19ClN2O4/c1-3-9-22(14-7-5-4-6-8-14)19(24)13-10-15(20)18(16(11-13)25-2)26-12-17(21)23/h3-8,10-11H,1,9,12H2,2H3,(H2,21,23). The molecule has 6 nitrogen and oxygen atoms in total. The average Bonchev–Trinajstić information content (AvgIpc) is 2.64. The number of amides is 2. The Kier molecular flexibility index (Phi) is 6.63. The molecule has 2 amide bonds. The molecule has 136 valence electrons. The number of para-hydroxylation sites is 1. The van der Waals surface area contributed by atoms with Crippen molar-refractivity contribution in [2.75, 3.05) is 25.2 Å². The molecule has 2 aromatic rings. The molecular weight excluding hydrogens is 356 g/mol. The SMILES string of the molecule is C=CCN(C(=O)c1cc(Cl)c(OCC(N)=O)c(OC)c1)c1ccccc1. The van der Waals surface area contributed by atoms with E-state index in [1.165, 1.54) is 19.2 Å². The molecule has 0 radical (unpaired) electrons. The minimum atomic E-state index is -0.649. The van der Waals surface area contributed by atoms with Gasteiger partial charge in [-0.2, -0.15) is 0 Å². The third kappa shape index (κ3) is 4.55. The summed E-state index contributed by atoms with van der Waals surface area (Å²) in [6, 6.07) is 12.2. The zero-order valence-electron chi connectivity index (χ0n) is 14.3. The lowest BCUT2D eigenvalue weighted by molar-refractivity contribution is -0.119. The summed E-state index contributed by atoms with van der Waals surface area (Å²) in [6.45, 7) is 3.67. The van der Waals surface area contributed by atoms with Crippen LogP contribution in [0.3, 0.4) is 0 Å². The van der Waals surface area contributed by atoms with Crippen LogP contribution < -0.4 is 20.1 Å². The lowest BCUT2D eigenvalue weighted by Crippen LogP contribution is -2.31. The van der Waals surface area contributed by atoms with E-state index in [0.29, 0.717) is 12.1 Å². The number of hydrogen-bond acceptors (Lipinski definition) is 4. The summed E-state index contributed by atoms with van der Waals surface area (Å²) in [5, 5.41) is 0.139. The van der Waals surface area contributed by atoms with Gasteiger partial charge in [-0.3, -0.25) is 9.59 Å². The van der Waals surface area contributed by atoms with Gasteiger partial charge in [0, 0.05) is 17.8 Å². The van der Waals surface area contributed by atoms with Crippen LogP contribution in [0.5, 0.6) is 11.5 Å². The highest BCUT2D eigenvalue weighted by Gasteiger charge is 2.21. The molecule has 0 aliphatic rings. The summed E-state index contributed by atoms with van der Waals surface area (Å²) in [6.07, 6.45) is 1.63. The van der Waals surface area contributed by atoms with Gasteiger partial charge in [-0.15, -0.1) is 6.58 Å². The summed E-state index contributed by atoms with van der Waals surface area (Å²) in [5.41, 5.74) is 6.11. The minimum Gasteiger partial charge on any atom is -0.493 e. The number of methoxy groups -OCH3 is 1. The Hall–Kier alpha value is -2.99. The highest BCUT2D eigenvalue weighted by molar-refractivity contribution is 6.33. The molecule has 0 bridgehead atoms. The van der Waals surface area contributed by atoms with Crippen molar-refractivity contribution in [1.82, 2.24) is 0 Å². The van der Waals surface area contributed by atoms with Crippen molar-refractivity contribution in [2.45, 2.75) is 0 Å². The van der Waals surface area contributed by atoms with E-state index < -0.39 is 5.91 Å². The Morgan fingerprint density at radius 3 is 2.54 bits per heavy atom. The highest BCUT2D eigenvalue weighted by Crippen LogP contribution is 2.37. The lowest BCUT2D eigenvalue weighted by Gasteiger charge is -2.22. The van der Waals surface area contributed by atoms with Crippen LogP contribution in [0.4, 0.5) is 5.69 Å². The van der Waals surface area contributed by atoms with Crippen LogP contribution in [0, 0.1) is 0 Å². The molecule has 2 N–H and O–H groups in total. The van der Waals surface area contributed by atoms with Crippen LogP contribution in [-0.2, 0) is 4.79 Å². The van der Waals surface area contributed by atoms with Gasteiger partial charge in [-0.1, -0.05) is 35.9 Å². The quantitative estimate of drug-likeness (QED) is 0.720. The molecule has 0 saturated heterocycles. The molecule has 2 aromatic carbocycles. The monoisotopic (exact) mass is 374 g/mol. The lowest BCUT2D eigenvalue weighted by atomic mass is 10.1. The fourth-order valence-electron chi connectivity index (χ4n) is 2.33. The first-order valence-electron chi connectivity index (χ1n) is 7.74. The van der Waals surface area contributed by atoms with Crippen LogP contribution in [0.15, 0.2) is 55.1 Å². The Morgan fingerprint density at radius 2 is 1.96 bits per heavy atom. The van der Waals surface area contributed by atoms with Crippen molar-refractivity contribution in [1.29, 1.82) is 0 Å². The molecule has 0 spiro atoms. The number of halogens is 1. The number of primary amides is 1. The second-order valence-corrected chi connectivity index (χ2v) is 5.69. The van der Waals surface area contributed by atoms with Crippen LogP contribution in [0.2, 0.25) is 5.02 Å². The Labute approximate surface area is 156 Å². The predicted octanol–water partition coefficient (Wildman–Crippen LogP) is 3.05. The predicted molar refractivity (Wildman–Crippen MR) is 101 cm³/mol. The summed E-state index contributed by atoms with van der Waals surface area (Å²) in [7, 11) is 1.41. The maximum atomic E-state index is 13.0. The van der Waals surface area contributed by atoms with E-state index in [4.69, 9.17) is 26.8 Å². The molecule has 26 heavy (non-hydrogen) atoms. The van der Waals surface area contributed by atoms with E-state index >= 15 is 0 Å². The third-order valence-corrected chi connectivity index (χ3v) is 3.74. The second-order valence-electron chi connectivity index (χ2n) is 5.28. The van der Waals surface area contributed by atoms with Crippen molar-refractivity contribution in [3.63, 3.8) is 0 Å². The molecule has 0 aliphatic carbocycles. The van der Waals surface area contributed by atoms with Crippen molar-refractivity contribution >= 4 is 29.1 Å². The molecule has 0 saturated carbocycles. The molecular formula is C19H19ClN2O4. The third-order valence-electron chi connectivity index (χ3n) is 3.46. The van der Waals surface area contributed by atoms with Gasteiger partial charge in [-0.05, 0) is 24.3 Å². The molecule has 0 heterocycles. The largest absolute Gasteiger partial charge is 0.493 e. The Bertz CT molecular complexity index is 809. The maximum absolute atomic E-state index is 13.0. The first kappa shape index (κ1) is 19.3. The topological polar surface area (TPSA) is 81.9 Å². The molecule has 0 aromatic heterocycles. The van der Waals surface area contributed by atoms with Gasteiger partial charge in [0.2, 0.25) is 0 Å². The number of anilines is 1. The minimum absolute atomic E-state index is 0.139. The zero-order valence-corrected chi connectivity index (χ0v) is 15.0. The Morgan fingerprint density at radius 1 is 1.27 bits per heavy atom. The van der Waals surface area contributed by atoms with Gasteiger partial charge in [0.15, 0.2) is 18.1 Å². The van der Waals surface area contributed by atoms with Crippen LogP contribution >= 0.6 is 11.6 Å². The summed E-state index contributed by atoms with van der Waals surface area (Å²) in [4.78, 5) is 25.5. The van der Waals surface area contributed by atoms with Crippen molar-refractivity contribution in [2.24, 2.45) is 5.73 Å². The average molecular weight is 375 g/mol. The van der Waals surface area contributed by atoms with Crippen LogP contribution in [-0.4, -0.2) is 32.1 Å². The van der Waals surface area contributed by atoms with E-state index in [-0.39, 0.29) is 29.0 Å². The van der Waals surface area contributed by atoms with Gasteiger partial charge in [0.05, 0.1) is 12.1 Å². The fourth-order valence-corrected chi connectivity index (χ4v) is 2.59. The number of rotatable bonds is 8. The summed E-state index contributed by atoms with van der Waals surface area (Å²) < 4.78 is 10.5. The smallest absolute Gasteiger partial charge is 0.258 e. The van der Waals surface area contributed by atoms with Gasteiger partial charge < -0.3 is 20.1 Å². The second kappa shape index (κ2) is 8.92. The van der Waals surface area contributed by atoms with E-state index in [1.807, 2.05) is 30.3 Å². The molecule has 0 atom stereocenters. The zero-order chi connectivity index (χ0) is 19.1. The number of carbonyl (C=O) groups is 2. The van der Waals surface area contributed by atoms with Crippen molar-refractivity contribution in [3.05, 3.63) is 65.7 Å². The maximum Gasteiger partial charge on any atom is 0.258 e. The van der Waals surface area contributed by atoms with Crippen LogP contribution in [0.1, 0.15) is 10.4 Å². The van der Waals surface area contributed by atoms with Gasteiger partial charge in [0.1, 0.15) is 0 Å². The Balaban J connectivity index is 2.39. The number of carbonyl (C=O) groups excluding carboxylic acids is 2. The number of nitrogens with zero attached hydrogens (tertiary/aromatic N) is 1.